The van der Waals surface area contributed by atoms with Crippen molar-refractivity contribution in [2.45, 2.75) is 20.5 Å². The molecule has 0 aliphatic heterocycles. The predicted molar refractivity (Wildman–Crippen MR) is 142 cm³/mol. The van der Waals surface area contributed by atoms with Gasteiger partial charge in [0.1, 0.15) is 18.2 Å². The maximum absolute atomic E-state index is 12.6. The summed E-state index contributed by atoms with van der Waals surface area (Å²) < 4.78 is 13.6. The van der Waals surface area contributed by atoms with Crippen molar-refractivity contribution in [1.29, 1.82) is 5.26 Å². The van der Waals surface area contributed by atoms with Gasteiger partial charge in [-0.25, -0.2) is 0 Å². The molecule has 7 heteroatoms. The molecule has 33 heavy (non-hydrogen) atoms. The predicted octanol–water partition coefficient (Wildman–Crippen LogP) is 6.89. The molecule has 0 radical (unpaired) electrons. The van der Waals surface area contributed by atoms with E-state index < -0.39 is 5.91 Å². The lowest BCUT2D eigenvalue weighted by Gasteiger charge is -2.15. The van der Waals surface area contributed by atoms with Gasteiger partial charge in [0.25, 0.3) is 5.91 Å². The van der Waals surface area contributed by atoms with Gasteiger partial charge >= 0.3 is 0 Å². The van der Waals surface area contributed by atoms with Gasteiger partial charge in [0.05, 0.1) is 10.2 Å². The highest BCUT2D eigenvalue weighted by Crippen LogP contribution is 2.35. The Balaban J connectivity index is 1.85. The van der Waals surface area contributed by atoms with Crippen LogP contribution in [-0.2, 0) is 11.4 Å². The minimum Gasteiger partial charge on any atom is -0.490 e. The first kappa shape index (κ1) is 24.8. The quantitative estimate of drug-likeness (QED) is 0.170. The largest absolute Gasteiger partial charge is 0.490 e. The van der Waals surface area contributed by atoms with Crippen molar-refractivity contribution in [2.75, 3.05) is 11.9 Å². The molecule has 0 unspecified atom stereocenters. The van der Waals surface area contributed by atoms with Crippen LogP contribution >= 0.6 is 38.5 Å². The van der Waals surface area contributed by atoms with Crippen LogP contribution in [-0.4, -0.2) is 12.5 Å². The second-order valence-electron chi connectivity index (χ2n) is 7.11. The Morgan fingerprint density at radius 1 is 1.15 bits per heavy atom. The summed E-state index contributed by atoms with van der Waals surface area (Å²) >= 11 is 5.54. The normalized spacial score (nSPS) is 10.9. The molecule has 5 nitrogen and oxygen atoms in total. The third-order valence-corrected chi connectivity index (χ3v) is 6.07. The Labute approximate surface area is 215 Å². The fourth-order valence-electron chi connectivity index (χ4n) is 3.04. The molecule has 0 saturated heterocycles. The summed E-state index contributed by atoms with van der Waals surface area (Å²) in [5, 5.41) is 12.3. The van der Waals surface area contributed by atoms with Crippen LogP contribution in [0.3, 0.4) is 0 Å². The summed E-state index contributed by atoms with van der Waals surface area (Å²) in [6, 6.07) is 20.8. The number of benzene rings is 3. The standard InChI is InChI=1S/C26H22BrIN2O3/c1-3-32-24-14-18(12-20(15-29)26(31)30-22-10-8-21(27)9-11-22)13-23(28)25(24)33-16-19-7-5-4-6-17(19)2/h4-14H,3,16H2,1-2H3,(H,30,31)/b20-12+. The van der Waals surface area contributed by atoms with E-state index in [0.29, 0.717) is 36.0 Å². The van der Waals surface area contributed by atoms with Crippen LogP contribution in [0.25, 0.3) is 6.08 Å². The van der Waals surface area contributed by atoms with Gasteiger partial charge in [0, 0.05) is 10.2 Å². The molecule has 0 heterocycles. The van der Waals surface area contributed by atoms with Crippen LogP contribution in [0.4, 0.5) is 5.69 Å². The molecule has 3 aromatic carbocycles. The van der Waals surface area contributed by atoms with E-state index in [1.807, 2.05) is 62.4 Å². The van der Waals surface area contributed by atoms with Gasteiger partial charge in [-0.2, -0.15) is 5.26 Å². The molecular weight excluding hydrogens is 595 g/mol. The number of anilines is 1. The van der Waals surface area contributed by atoms with Crippen molar-refractivity contribution in [1.82, 2.24) is 0 Å². The van der Waals surface area contributed by atoms with Gasteiger partial charge in [0.15, 0.2) is 11.5 Å². The number of aryl methyl sites for hydroxylation is 1. The molecule has 0 aliphatic carbocycles. The molecule has 0 bridgehead atoms. The summed E-state index contributed by atoms with van der Waals surface area (Å²) in [6.07, 6.45) is 1.55. The molecule has 0 aliphatic rings. The highest BCUT2D eigenvalue weighted by atomic mass is 127. The fourth-order valence-corrected chi connectivity index (χ4v) is 4.09. The number of halogens is 2. The zero-order valence-corrected chi connectivity index (χ0v) is 21.9. The molecule has 3 aromatic rings. The van der Waals surface area contributed by atoms with Crippen LogP contribution in [0.2, 0.25) is 0 Å². The van der Waals surface area contributed by atoms with Crippen LogP contribution in [0.1, 0.15) is 23.6 Å². The first-order valence-electron chi connectivity index (χ1n) is 10.2. The number of nitrogens with zero attached hydrogens (tertiary/aromatic N) is 1. The van der Waals surface area contributed by atoms with E-state index >= 15 is 0 Å². The minimum atomic E-state index is -0.479. The molecule has 0 saturated carbocycles. The van der Waals surface area contributed by atoms with E-state index in [-0.39, 0.29) is 5.57 Å². The first-order chi connectivity index (χ1) is 15.9. The fraction of sp³-hybridized carbons (Fsp3) is 0.154. The topological polar surface area (TPSA) is 71.3 Å². The van der Waals surface area contributed by atoms with Gasteiger partial charge in [0.2, 0.25) is 0 Å². The van der Waals surface area contributed by atoms with Crippen LogP contribution in [0.5, 0.6) is 11.5 Å². The molecule has 0 atom stereocenters. The smallest absolute Gasteiger partial charge is 0.266 e. The molecular formula is C26H22BrIN2O3. The third-order valence-electron chi connectivity index (χ3n) is 4.74. The number of carbonyl (C=O) groups excluding carboxylic acids is 1. The molecule has 1 N–H and O–H groups in total. The number of amides is 1. The minimum absolute atomic E-state index is 0.00949. The lowest BCUT2D eigenvalue weighted by molar-refractivity contribution is -0.112. The van der Waals surface area contributed by atoms with Gasteiger partial charge in [-0.15, -0.1) is 0 Å². The number of hydrogen-bond acceptors (Lipinski definition) is 4. The zero-order chi connectivity index (χ0) is 23.8. The van der Waals surface area contributed by atoms with Crippen molar-refractivity contribution in [3.63, 3.8) is 0 Å². The number of rotatable bonds is 8. The Kier molecular flexibility index (Phi) is 8.92. The van der Waals surface area contributed by atoms with Crippen molar-refractivity contribution >= 4 is 56.2 Å². The van der Waals surface area contributed by atoms with Crippen molar-refractivity contribution < 1.29 is 14.3 Å². The summed E-state index contributed by atoms with van der Waals surface area (Å²) in [5.74, 6) is 0.721. The summed E-state index contributed by atoms with van der Waals surface area (Å²) in [4.78, 5) is 12.6. The Morgan fingerprint density at radius 3 is 2.55 bits per heavy atom. The highest BCUT2D eigenvalue weighted by Gasteiger charge is 2.15. The molecule has 0 aromatic heterocycles. The number of carbonyl (C=O) groups is 1. The number of nitrogens with one attached hydrogen (secondary N) is 1. The Bertz CT molecular complexity index is 1220. The summed E-state index contributed by atoms with van der Waals surface area (Å²) in [7, 11) is 0. The lowest BCUT2D eigenvalue weighted by atomic mass is 10.1. The van der Waals surface area contributed by atoms with E-state index in [1.165, 1.54) is 0 Å². The van der Waals surface area contributed by atoms with E-state index in [0.717, 1.165) is 19.2 Å². The van der Waals surface area contributed by atoms with Crippen LogP contribution in [0, 0.1) is 21.8 Å². The van der Waals surface area contributed by atoms with Crippen molar-refractivity contribution in [2.24, 2.45) is 0 Å². The van der Waals surface area contributed by atoms with E-state index in [2.05, 4.69) is 43.8 Å². The molecule has 3 rings (SSSR count). The van der Waals surface area contributed by atoms with Crippen molar-refractivity contribution in [3.8, 4) is 17.6 Å². The van der Waals surface area contributed by atoms with Gasteiger partial charge in [-0.05, 0) is 95.6 Å². The van der Waals surface area contributed by atoms with E-state index in [9.17, 15) is 10.1 Å². The monoisotopic (exact) mass is 616 g/mol. The Hall–Kier alpha value is -2.83. The zero-order valence-electron chi connectivity index (χ0n) is 18.2. The SMILES string of the molecule is CCOc1cc(/C=C(\C#N)C(=O)Nc2ccc(Br)cc2)cc(I)c1OCc1ccccc1C. The molecule has 0 spiro atoms. The average Bonchev–Trinajstić information content (AvgIpc) is 2.79. The maximum atomic E-state index is 12.6. The number of hydrogen-bond donors (Lipinski definition) is 1. The van der Waals surface area contributed by atoms with Crippen LogP contribution < -0.4 is 14.8 Å². The second-order valence-corrected chi connectivity index (χ2v) is 9.19. The molecule has 1 amide bonds. The third kappa shape index (κ3) is 6.83. The van der Waals surface area contributed by atoms with Crippen LogP contribution in [0.15, 0.2) is 70.7 Å². The van der Waals surface area contributed by atoms with E-state index in [1.54, 1.807) is 24.3 Å². The van der Waals surface area contributed by atoms with Gasteiger partial charge < -0.3 is 14.8 Å². The van der Waals surface area contributed by atoms with Gasteiger partial charge in [-0.3, -0.25) is 4.79 Å². The van der Waals surface area contributed by atoms with Crippen molar-refractivity contribution in [3.05, 3.63) is 91.0 Å². The highest BCUT2D eigenvalue weighted by molar-refractivity contribution is 14.1. The lowest BCUT2D eigenvalue weighted by Crippen LogP contribution is -2.13. The first-order valence-corrected chi connectivity index (χ1v) is 12.1. The van der Waals surface area contributed by atoms with Gasteiger partial charge in [-0.1, -0.05) is 40.2 Å². The number of ether oxygens (including phenoxy) is 2. The van der Waals surface area contributed by atoms with E-state index in [4.69, 9.17) is 9.47 Å². The summed E-state index contributed by atoms with van der Waals surface area (Å²) in [6.45, 7) is 4.81. The second kappa shape index (κ2) is 11.9. The summed E-state index contributed by atoms with van der Waals surface area (Å²) in [5.41, 5.74) is 3.52. The molecule has 0 fully saturated rings. The molecule has 168 valence electrons. The Morgan fingerprint density at radius 2 is 1.88 bits per heavy atom. The number of nitriles is 1. The maximum Gasteiger partial charge on any atom is 0.266 e. The average molecular weight is 617 g/mol.